The molecule has 7 heteroatoms. The Hall–Kier alpha value is -6.57. The molecule has 0 aliphatic carbocycles. The average Bonchev–Trinajstić information content (AvgIpc) is 3.89. The van der Waals surface area contributed by atoms with E-state index in [1.165, 1.54) is 11.7 Å². The van der Waals surface area contributed by atoms with Gasteiger partial charge < -0.3 is 14.4 Å². The zero-order valence-electron chi connectivity index (χ0n) is 33.2. The molecule has 0 aliphatic heterocycles. The van der Waals surface area contributed by atoms with Crippen molar-refractivity contribution in [3.05, 3.63) is 176 Å². The zero-order chi connectivity index (χ0) is 39.4. The van der Waals surface area contributed by atoms with Crippen LogP contribution in [0, 0.1) is 5.92 Å². The van der Waals surface area contributed by atoms with Gasteiger partial charge >= 0.3 is 0 Å². The van der Waals surface area contributed by atoms with Crippen LogP contribution in [0.15, 0.2) is 170 Å². The Balaban J connectivity index is 1.22. The minimum absolute atomic E-state index is 0.423. The van der Waals surface area contributed by atoms with Gasteiger partial charge in [-0.2, -0.15) is 8.75 Å². The summed E-state index contributed by atoms with van der Waals surface area (Å²) in [5.41, 5.74) is 14.8. The molecule has 0 amide bonds. The quantitative estimate of drug-likeness (QED) is 0.117. The van der Waals surface area contributed by atoms with Crippen molar-refractivity contribution in [2.24, 2.45) is 5.92 Å². The van der Waals surface area contributed by atoms with Crippen LogP contribution in [-0.2, 0) is 13.0 Å². The lowest BCUT2D eigenvalue weighted by Crippen LogP contribution is -2.10. The van der Waals surface area contributed by atoms with Gasteiger partial charge in [0.15, 0.2) is 0 Å². The second-order valence-corrected chi connectivity index (χ2v) is 15.7. The van der Waals surface area contributed by atoms with E-state index in [0.29, 0.717) is 5.92 Å². The molecule has 2 aromatic heterocycles. The fraction of sp³-hybridized carbons (Fsp3) is 0.157. The summed E-state index contributed by atoms with van der Waals surface area (Å²) in [4.78, 5) is 10.1. The summed E-state index contributed by atoms with van der Waals surface area (Å²) in [5, 5.41) is 0. The molecule has 0 unspecified atom stereocenters. The minimum atomic E-state index is 0.423. The number of aromatic nitrogens is 4. The van der Waals surface area contributed by atoms with Crippen molar-refractivity contribution in [2.75, 3.05) is 9.80 Å². The van der Waals surface area contributed by atoms with E-state index in [9.17, 15) is 0 Å². The predicted octanol–water partition coefficient (Wildman–Crippen LogP) is 14.3. The number of imidazole rings is 1. The Labute approximate surface area is 345 Å². The van der Waals surface area contributed by atoms with Crippen LogP contribution in [0.2, 0.25) is 0 Å². The molecule has 9 rings (SSSR count). The lowest BCUT2D eigenvalue weighted by Gasteiger charge is -2.25. The fourth-order valence-corrected chi connectivity index (χ4v) is 8.62. The number of unbranched alkanes of at least 4 members (excludes halogenated alkanes) is 1. The van der Waals surface area contributed by atoms with Crippen LogP contribution in [-0.4, -0.2) is 18.3 Å². The molecule has 0 saturated heterocycles. The lowest BCUT2D eigenvalue weighted by atomic mass is 9.94. The van der Waals surface area contributed by atoms with E-state index >= 15 is 0 Å². The van der Waals surface area contributed by atoms with Gasteiger partial charge in [0.25, 0.3) is 0 Å². The summed E-state index contributed by atoms with van der Waals surface area (Å²) in [5.74, 6) is 1.54. The number of para-hydroxylation sites is 4. The van der Waals surface area contributed by atoms with Crippen molar-refractivity contribution in [3.8, 4) is 22.3 Å². The molecule has 0 spiro atoms. The molecule has 0 saturated carbocycles. The molecule has 9 aromatic rings. The summed E-state index contributed by atoms with van der Waals surface area (Å²) < 4.78 is 12.6. The van der Waals surface area contributed by atoms with E-state index in [0.717, 1.165) is 110 Å². The fourth-order valence-electron chi connectivity index (χ4n) is 8.06. The minimum Gasteiger partial charge on any atom is -0.327 e. The van der Waals surface area contributed by atoms with Crippen molar-refractivity contribution in [3.63, 3.8) is 0 Å². The van der Waals surface area contributed by atoms with Gasteiger partial charge in [-0.1, -0.05) is 124 Å². The van der Waals surface area contributed by atoms with Gasteiger partial charge in [-0.05, 0) is 96.3 Å². The van der Waals surface area contributed by atoms with Gasteiger partial charge in [-0.15, -0.1) is 0 Å². The lowest BCUT2D eigenvalue weighted by molar-refractivity contribution is 0.513. The Morgan fingerprint density at radius 2 is 0.897 bits per heavy atom. The smallest absolute Gasteiger partial charge is 0.115 e. The summed E-state index contributed by atoms with van der Waals surface area (Å²) in [6, 6.07) is 60.0. The average molecular weight is 775 g/mol. The van der Waals surface area contributed by atoms with E-state index < -0.39 is 0 Å². The first-order valence-electron chi connectivity index (χ1n) is 20.3. The second kappa shape index (κ2) is 16.5. The predicted molar refractivity (Wildman–Crippen MR) is 244 cm³/mol. The second-order valence-electron chi connectivity index (χ2n) is 15.2. The molecular formula is C51H46N6S. The van der Waals surface area contributed by atoms with Gasteiger partial charge in [-0.25, -0.2) is 4.98 Å². The van der Waals surface area contributed by atoms with Crippen molar-refractivity contribution in [1.82, 2.24) is 18.3 Å². The van der Waals surface area contributed by atoms with Crippen LogP contribution in [0.3, 0.4) is 0 Å². The molecule has 7 aromatic carbocycles. The summed E-state index contributed by atoms with van der Waals surface area (Å²) in [6.07, 6.45) is 3.09. The molecule has 0 atom stereocenters. The summed E-state index contributed by atoms with van der Waals surface area (Å²) in [7, 11) is 0. The van der Waals surface area contributed by atoms with Gasteiger partial charge in [0.05, 0.1) is 22.8 Å². The SMILES string of the molecule is CCCCc1nc2c(-c3ccc(N(c4ccccc4)c4ccccc4)cc3)c3nsnc3c(-c3ccc(N(c4ccccc4)c4ccccc4)cc3)c2n1CC(C)C. The molecule has 2 heterocycles. The normalized spacial score (nSPS) is 11.4. The summed E-state index contributed by atoms with van der Waals surface area (Å²) >= 11 is 1.27. The Morgan fingerprint density at radius 3 is 1.31 bits per heavy atom. The monoisotopic (exact) mass is 774 g/mol. The number of nitrogens with zero attached hydrogens (tertiary/aromatic N) is 6. The van der Waals surface area contributed by atoms with Crippen molar-refractivity contribution in [1.29, 1.82) is 0 Å². The largest absolute Gasteiger partial charge is 0.327 e. The number of fused-ring (bicyclic) bond motifs is 2. The molecule has 0 bridgehead atoms. The number of anilines is 6. The molecule has 0 radical (unpaired) electrons. The Kier molecular flexibility index (Phi) is 10.5. The maximum Gasteiger partial charge on any atom is 0.115 e. The van der Waals surface area contributed by atoms with E-state index in [1.807, 2.05) is 0 Å². The molecule has 0 aliphatic rings. The number of rotatable bonds is 13. The number of benzene rings is 7. The van der Waals surface area contributed by atoms with Gasteiger partial charge in [0, 0.05) is 58.2 Å². The first-order chi connectivity index (χ1) is 28.6. The number of aryl methyl sites for hydroxylation is 1. The van der Waals surface area contributed by atoms with Gasteiger partial charge in [0.1, 0.15) is 16.9 Å². The molecule has 0 fully saturated rings. The van der Waals surface area contributed by atoms with Gasteiger partial charge in [-0.3, -0.25) is 0 Å². The van der Waals surface area contributed by atoms with E-state index in [1.54, 1.807) is 0 Å². The number of hydrogen-bond donors (Lipinski definition) is 0. The van der Waals surface area contributed by atoms with E-state index in [4.69, 9.17) is 13.7 Å². The first kappa shape index (κ1) is 37.0. The van der Waals surface area contributed by atoms with Crippen LogP contribution < -0.4 is 9.80 Å². The topological polar surface area (TPSA) is 50.1 Å². The molecule has 286 valence electrons. The van der Waals surface area contributed by atoms with Crippen molar-refractivity contribution < 1.29 is 0 Å². The third kappa shape index (κ3) is 7.14. The highest BCUT2D eigenvalue weighted by molar-refractivity contribution is 7.00. The van der Waals surface area contributed by atoms with Crippen LogP contribution in [0.4, 0.5) is 34.1 Å². The highest BCUT2D eigenvalue weighted by Crippen LogP contribution is 2.45. The molecule has 6 nitrogen and oxygen atoms in total. The third-order valence-electron chi connectivity index (χ3n) is 10.7. The maximum atomic E-state index is 5.55. The summed E-state index contributed by atoms with van der Waals surface area (Å²) in [6.45, 7) is 7.70. The van der Waals surface area contributed by atoms with Crippen LogP contribution >= 0.6 is 11.7 Å². The van der Waals surface area contributed by atoms with Crippen molar-refractivity contribution in [2.45, 2.75) is 46.6 Å². The Bertz CT molecular complexity index is 2660. The van der Waals surface area contributed by atoms with Crippen LogP contribution in [0.25, 0.3) is 44.3 Å². The molecule has 0 N–H and O–H groups in total. The third-order valence-corrected chi connectivity index (χ3v) is 11.2. The van der Waals surface area contributed by atoms with E-state index in [2.05, 4.69) is 205 Å². The van der Waals surface area contributed by atoms with Gasteiger partial charge in [0.2, 0.25) is 0 Å². The van der Waals surface area contributed by atoms with Crippen molar-refractivity contribution >= 4 is 67.9 Å². The first-order valence-corrected chi connectivity index (χ1v) is 21.0. The van der Waals surface area contributed by atoms with Crippen LogP contribution in [0.1, 0.15) is 39.4 Å². The molecular weight excluding hydrogens is 729 g/mol. The Morgan fingerprint density at radius 1 is 0.500 bits per heavy atom. The zero-order valence-corrected chi connectivity index (χ0v) is 34.0. The number of hydrogen-bond acceptors (Lipinski definition) is 6. The maximum absolute atomic E-state index is 5.55. The van der Waals surface area contributed by atoms with E-state index in [-0.39, 0.29) is 0 Å². The highest BCUT2D eigenvalue weighted by atomic mass is 32.1. The standard InChI is InChI=1S/C51H46N6S/c1-4-5-26-45-52-50-46(37-27-31-43(32-28-37)56(39-18-10-6-11-19-39)40-20-12-7-13-21-40)48-49(54-58-53-48)47(51(50)55(45)35-36(2)3)38-29-33-44(34-30-38)57(41-22-14-8-15-23-41)42-24-16-9-17-25-42/h6-25,27-34,36H,4-5,26,35H2,1-3H3. The highest BCUT2D eigenvalue weighted by Gasteiger charge is 2.27. The van der Waals surface area contributed by atoms with Crippen LogP contribution in [0.5, 0.6) is 0 Å². The molecule has 58 heavy (non-hydrogen) atoms.